The molecule has 0 atom stereocenters. The number of fused-ring (bicyclic) bond motifs is 1. The Kier molecular flexibility index (Phi) is 3.93. The highest BCUT2D eigenvalue weighted by Crippen LogP contribution is 2.24. The molecule has 0 saturated heterocycles. The Labute approximate surface area is 144 Å². The van der Waals surface area contributed by atoms with Crippen molar-refractivity contribution < 1.29 is 13.9 Å². The van der Waals surface area contributed by atoms with E-state index in [0.29, 0.717) is 24.7 Å². The van der Waals surface area contributed by atoms with Crippen molar-refractivity contribution >= 4 is 5.91 Å². The van der Waals surface area contributed by atoms with Crippen molar-refractivity contribution in [2.45, 2.75) is 19.6 Å². The van der Waals surface area contributed by atoms with Crippen LogP contribution in [-0.4, -0.2) is 37.1 Å². The van der Waals surface area contributed by atoms with Gasteiger partial charge in [0.15, 0.2) is 5.76 Å². The number of amides is 1. The third kappa shape index (κ3) is 2.98. The molecule has 4 rings (SSSR count). The van der Waals surface area contributed by atoms with Gasteiger partial charge in [-0.15, -0.1) is 0 Å². The van der Waals surface area contributed by atoms with E-state index in [1.807, 2.05) is 11.7 Å². The number of furan rings is 1. The van der Waals surface area contributed by atoms with Crippen molar-refractivity contribution in [2.75, 3.05) is 6.54 Å². The quantitative estimate of drug-likeness (QED) is 0.717. The van der Waals surface area contributed by atoms with Gasteiger partial charge in [0.1, 0.15) is 12.3 Å². The van der Waals surface area contributed by atoms with Crippen LogP contribution in [0.25, 0.3) is 0 Å². The van der Waals surface area contributed by atoms with E-state index >= 15 is 0 Å². The van der Waals surface area contributed by atoms with Crippen molar-refractivity contribution in [3.63, 3.8) is 0 Å². The molecule has 0 fully saturated rings. The van der Waals surface area contributed by atoms with E-state index in [9.17, 15) is 4.79 Å². The van der Waals surface area contributed by atoms with Crippen LogP contribution in [-0.2, 0) is 26.6 Å². The molecule has 128 valence electrons. The van der Waals surface area contributed by atoms with E-state index in [-0.39, 0.29) is 12.5 Å². The molecular weight excluding hydrogens is 322 g/mol. The number of aryl methyl sites for hydroxylation is 1. The number of carbonyl (C=O) groups excluding carboxylic acids is 1. The molecule has 0 radical (unpaired) electrons. The highest BCUT2D eigenvalue weighted by Gasteiger charge is 2.28. The largest absolute Gasteiger partial charge is 0.470 e. The van der Waals surface area contributed by atoms with Crippen LogP contribution in [0.4, 0.5) is 0 Å². The first-order valence-corrected chi connectivity index (χ1v) is 7.97. The van der Waals surface area contributed by atoms with E-state index in [2.05, 4.69) is 15.1 Å². The van der Waals surface area contributed by atoms with Gasteiger partial charge in [-0.25, -0.2) is 4.98 Å². The second kappa shape index (κ2) is 6.39. The molecule has 3 aromatic heterocycles. The fourth-order valence-electron chi connectivity index (χ4n) is 3.02. The summed E-state index contributed by atoms with van der Waals surface area (Å²) in [5.41, 5.74) is 2.96. The van der Waals surface area contributed by atoms with Crippen LogP contribution in [0, 0.1) is 0 Å². The molecule has 8 nitrogen and oxygen atoms in total. The molecule has 1 aliphatic heterocycles. The molecule has 25 heavy (non-hydrogen) atoms. The normalized spacial score (nSPS) is 13.6. The molecule has 0 aromatic carbocycles. The van der Waals surface area contributed by atoms with Crippen molar-refractivity contribution in [1.29, 1.82) is 0 Å². The molecule has 0 N–H and O–H groups in total. The molecule has 0 saturated carbocycles. The minimum atomic E-state index is -0.111. The van der Waals surface area contributed by atoms with Gasteiger partial charge >= 0.3 is 0 Å². The summed E-state index contributed by atoms with van der Waals surface area (Å²) in [4.78, 5) is 22.4. The van der Waals surface area contributed by atoms with Crippen LogP contribution < -0.4 is 4.74 Å². The minimum absolute atomic E-state index is 0.111. The van der Waals surface area contributed by atoms with Gasteiger partial charge in [-0.2, -0.15) is 5.10 Å². The average Bonchev–Trinajstić information content (AvgIpc) is 3.29. The number of carbonyl (C=O) groups is 1. The molecule has 3 aromatic rings. The molecular formula is C17H17N5O3. The van der Waals surface area contributed by atoms with Gasteiger partial charge in [-0.1, -0.05) is 0 Å². The first kappa shape index (κ1) is 15.4. The predicted octanol–water partition coefficient (Wildman–Crippen LogP) is 1.58. The predicted molar refractivity (Wildman–Crippen MR) is 86.7 cm³/mol. The number of hydrogen-bond acceptors (Lipinski definition) is 6. The van der Waals surface area contributed by atoms with Crippen molar-refractivity contribution in [1.82, 2.24) is 24.6 Å². The lowest BCUT2D eigenvalue weighted by Gasteiger charge is -2.27. The zero-order chi connectivity index (χ0) is 17.2. The maximum Gasteiger partial charge on any atom is 0.289 e. The second-order valence-electron chi connectivity index (χ2n) is 5.78. The number of aromatic nitrogens is 4. The van der Waals surface area contributed by atoms with Crippen LogP contribution in [0.3, 0.4) is 0 Å². The number of hydrogen-bond donors (Lipinski definition) is 0. The lowest BCUT2D eigenvalue weighted by molar-refractivity contribution is 0.0700. The van der Waals surface area contributed by atoms with Gasteiger partial charge in [-0.3, -0.25) is 14.5 Å². The van der Waals surface area contributed by atoms with E-state index < -0.39 is 0 Å². The highest BCUT2D eigenvalue weighted by molar-refractivity contribution is 5.91. The summed E-state index contributed by atoms with van der Waals surface area (Å²) in [7, 11) is 1.91. The monoisotopic (exact) mass is 339 g/mol. The second-order valence-corrected chi connectivity index (χ2v) is 5.78. The molecule has 0 unspecified atom stereocenters. The lowest BCUT2D eigenvalue weighted by Crippen LogP contribution is -2.36. The summed E-state index contributed by atoms with van der Waals surface area (Å²) >= 11 is 0. The van der Waals surface area contributed by atoms with Gasteiger partial charge in [-0.05, 0) is 12.1 Å². The molecule has 4 heterocycles. The fourth-order valence-corrected chi connectivity index (χ4v) is 3.02. The summed E-state index contributed by atoms with van der Waals surface area (Å²) < 4.78 is 12.8. The van der Waals surface area contributed by atoms with Gasteiger partial charge in [0.25, 0.3) is 5.91 Å². The fraction of sp³-hybridized carbons (Fsp3) is 0.294. The Morgan fingerprint density at radius 3 is 3.08 bits per heavy atom. The first-order valence-electron chi connectivity index (χ1n) is 7.97. The van der Waals surface area contributed by atoms with E-state index in [1.54, 1.807) is 35.6 Å². The van der Waals surface area contributed by atoms with Crippen LogP contribution in [0.15, 0.2) is 41.4 Å². The van der Waals surface area contributed by atoms with Crippen LogP contribution in [0.2, 0.25) is 0 Å². The van der Waals surface area contributed by atoms with Gasteiger partial charge in [0.05, 0.1) is 12.5 Å². The summed E-state index contributed by atoms with van der Waals surface area (Å²) in [5.74, 6) is 0.686. The average molecular weight is 339 g/mol. The molecule has 0 bridgehead atoms. The Morgan fingerprint density at radius 1 is 1.40 bits per heavy atom. The lowest BCUT2D eigenvalue weighted by atomic mass is 10.0. The van der Waals surface area contributed by atoms with Gasteiger partial charge in [0, 0.05) is 50.2 Å². The highest BCUT2D eigenvalue weighted by atomic mass is 16.5. The maximum absolute atomic E-state index is 12.5. The summed E-state index contributed by atoms with van der Waals surface area (Å²) in [6.07, 6.45) is 6.98. The molecule has 8 heteroatoms. The van der Waals surface area contributed by atoms with Gasteiger partial charge in [0.2, 0.25) is 5.88 Å². The minimum Gasteiger partial charge on any atom is -0.470 e. The van der Waals surface area contributed by atoms with Crippen molar-refractivity contribution in [2.24, 2.45) is 7.05 Å². The Morgan fingerprint density at radius 2 is 2.32 bits per heavy atom. The van der Waals surface area contributed by atoms with Crippen LogP contribution in [0.1, 0.15) is 27.5 Å². The van der Waals surface area contributed by atoms with E-state index in [0.717, 1.165) is 23.4 Å². The zero-order valence-corrected chi connectivity index (χ0v) is 13.8. The Bertz CT molecular complexity index is 873. The summed E-state index contributed by atoms with van der Waals surface area (Å²) in [5, 5.41) is 4.55. The topological polar surface area (TPSA) is 86.3 Å². The van der Waals surface area contributed by atoms with Crippen LogP contribution >= 0.6 is 0 Å². The Balaban J connectivity index is 1.53. The van der Waals surface area contributed by atoms with E-state index in [1.165, 1.54) is 6.26 Å². The zero-order valence-electron chi connectivity index (χ0n) is 13.8. The van der Waals surface area contributed by atoms with Gasteiger partial charge < -0.3 is 14.1 Å². The molecule has 0 aliphatic carbocycles. The summed E-state index contributed by atoms with van der Waals surface area (Å²) in [6, 6.07) is 3.39. The molecule has 0 spiro atoms. The van der Waals surface area contributed by atoms with Crippen LogP contribution in [0.5, 0.6) is 5.88 Å². The third-order valence-corrected chi connectivity index (χ3v) is 4.24. The number of ether oxygens (including phenoxy) is 1. The first-order chi connectivity index (χ1) is 12.2. The standard InChI is InChI=1S/C17H17N5O3/c1-21-14-4-7-22(17(23)15-3-2-8-24-15)10-12(14)13(20-21)11-25-16-9-18-5-6-19-16/h2-3,5-6,8-9H,4,7,10-11H2,1H3. The maximum atomic E-state index is 12.5. The number of rotatable bonds is 4. The third-order valence-electron chi connectivity index (χ3n) is 4.24. The van der Waals surface area contributed by atoms with Crippen molar-refractivity contribution in [3.8, 4) is 5.88 Å². The summed E-state index contributed by atoms with van der Waals surface area (Å²) in [6.45, 7) is 1.41. The van der Waals surface area contributed by atoms with Crippen molar-refractivity contribution in [3.05, 3.63) is 59.7 Å². The smallest absolute Gasteiger partial charge is 0.289 e. The molecule has 1 aliphatic rings. The van der Waals surface area contributed by atoms with E-state index in [4.69, 9.17) is 9.15 Å². The Hall–Kier alpha value is -3.16. The SMILES string of the molecule is Cn1nc(COc2cnccn2)c2c1CCN(C(=O)c1ccco1)C2. The molecule has 1 amide bonds. The number of nitrogens with zero attached hydrogens (tertiary/aromatic N) is 5.